The smallest absolute Gasteiger partial charge is 0.335 e. The van der Waals surface area contributed by atoms with Crippen LogP contribution < -0.4 is 0 Å². The molecule has 0 saturated heterocycles. The first-order chi connectivity index (χ1) is 10.7. The van der Waals surface area contributed by atoms with Crippen molar-refractivity contribution < 1.29 is 15.0 Å². The second-order valence-corrected chi connectivity index (χ2v) is 5.05. The van der Waals surface area contributed by atoms with Crippen molar-refractivity contribution >= 4 is 16.9 Å². The van der Waals surface area contributed by atoms with Gasteiger partial charge in [-0.25, -0.2) is 4.79 Å². The highest BCUT2D eigenvalue weighted by Gasteiger charge is 2.06. The second kappa shape index (κ2) is 5.91. The number of carbonyl (C=O) groups is 1. The van der Waals surface area contributed by atoms with Gasteiger partial charge in [-0.15, -0.1) is 0 Å². The maximum absolute atomic E-state index is 11.0. The molecule has 0 saturated carbocycles. The Morgan fingerprint density at radius 1 is 1.05 bits per heavy atom. The number of aromatic nitrogens is 2. The SMILES string of the molecule is O=C(O)c1ccnc(Cc2ccc3ncc(CO)cc3c2)c1. The molecule has 2 aromatic heterocycles. The number of aromatic carboxylic acids is 1. The Hall–Kier alpha value is -2.79. The molecule has 0 aliphatic rings. The van der Waals surface area contributed by atoms with Crippen LogP contribution in [0.5, 0.6) is 0 Å². The third-order valence-corrected chi connectivity index (χ3v) is 3.43. The quantitative estimate of drug-likeness (QED) is 0.772. The molecule has 22 heavy (non-hydrogen) atoms. The average Bonchev–Trinajstić information content (AvgIpc) is 2.54. The summed E-state index contributed by atoms with van der Waals surface area (Å²) in [6, 6.07) is 10.8. The van der Waals surface area contributed by atoms with Gasteiger partial charge in [-0.2, -0.15) is 0 Å². The summed E-state index contributed by atoms with van der Waals surface area (Å²) < 4.78 is 0. The number of rotatable bonds is 4. The standard InChI is InChI=1S/C17H14N2O3/c20-10-12-6-14-5-11(1-2-16(14)19-9-12)7-15-8-13(17(21)22)3-4-18-15/h1-6,8-9,20H,7,10H2,(H,21,22). The minimum atomic E-state index is -0.959. The van der Waals surface area contributed by atoms with Gasteiger partial charge in [0.1, 0.15) is 0 Å². The summed E-state index contributed by atoms with van der Waals surface area (Å²) >= 11 is 0. The molecule has 0 unspecified atom stereocenters. The molecule has 0 aliphatic heterocycles. The zero-order chi connectivity index (χ0) is 15.5. The number of carboxylic acid groups (broad SMARTS) is 1. The van der Waals surface area contributed by atoms with Crippen molar-refractivity contribution in [1.29, 1.82) is 0 Å². The van der Waals surface area contributed by atoms with E-state index in [0.717, 1.165) is 22.0 Å². The van der Waals surface area contributed by atoms with Gasteiger partial charge in [-0.3, -0.25) is 9.97 Å². The number of hydrogen-bond acceptors (Lipinski definition) is 4. The van der Waals surface area contributed by atoms with E-state index in [1.165, 1.54) is 12.3 Å². The molecule has 0 fully saturated rings. The lowest BCUT2D eigenvalue weighted by Gasteiger charge is -2.05. The minimum Gasteiger partial charge on any atom is -0.478 e. The number of pyridine rings is 2. The fraction of sp³-hybridized carbons (Fsp3) is 0.118. The lowest BCUT2D eigenvalue weighted by atomic mass is 10.0. The lowest BCUT2D eigenvalue weighted by Crippen LogP contribution is -2.00. The largest absolute Gasteiger partial charge is 0.478 e. The number of hydrogen-bond donors (Lipinski definition) is 2. The van der Waals surface area contributed by atoms with E-state index >= 15 is 0 Å². The fourth-order valence-corrected chi connectivity index (χ4v) is 2.34. The normalized spacial score (nSPS) is 10.8. The molecule has 110 valence electrons. The van der Waals surface area contributed by atoms with E-state index in [1.807, 2.05) is 24.3 Å². The molecule has 0 radical (unpaired) electrons. The van der Waals surface area contributed by atoms with E-state index in [1.54, 1.807) is 12.3 Å². The molecule has 2 heterocycles. The third kappa shape index (κ3) is 2.94. The first-order valence-corrected chi connectivity index (χ1v) is 6.82. The number of aliphatic hydroxyl groups excluding tert-OH is 1. The van der Waals surface area contributed by atoms with Gasteiger partial charge in [0.2, 0.25) is 0 Å². The zero-order valence-electron chi connectivity index (χ0n) is 11.7. The van der Waals surface area contributed by atoms with Gasteiger partial charge in [0, 0.05) is 29.9 Å². The van der Waals surface area contributed by atoms with Gasteiger partial charge in [0.05, 0.1) is 17.7 Å². The van der Waals surface area contributed by atoms with E-state index in [-0.39, 0.29) is 12.2 Å². The van der Waals surface area contributed by atoms with Crippen molar-refractivity contribution in [3.05, 3.63) is 71.2 Å². The number of aliphatic hydroxyl groups is 1. The van der Waals surface area contributed by atoms with Crippen LogP contribution >= 0.6 is 0 Å². The number of benzene rings is 1. The lowest BCUT2D eigenvalue weighted by molar-refractivity contribution is 0.0696. The molecule has 0 aliphatic carbocycles. The van der Waals surface area contributed by atoms with Crippen molar-refractivity contribution in [2.75, 3.05) is 0 Å². The van der Waals surface area contributed by atoms with Gasteiger partial charge < -0.3 is 10.2 Å². The molecule has 5 heteroatoms. The molecule has 0 bridgehead atoms. The van der Waals surface area contributed by atoms with Crippen LogP contribution in [0.25, 0.3) is 10.9 Å². The predicted octanol–water partition coefficient (Wildman–Crippen LogP) is 2.41. The summed E-state index contributed by atoms with van der Waals surface area (Å²) in [5.41, 5.74) is 3.56. The molecule has 0 atom stereocenters. The molecule has 0 amide bonds. The molecule has 3 rings (SSSR count). The van der Waals surface area contributed by atoms with Gasteiger partial charge in [-0.1, -0.05) is 6.07 Å². The van der Waals surface area contributed by atoms with Gasteiger partial charge in [0.25, 0.3) is 0 Å². The Morgan fingerprint density at radius 3 is 2.64 bits per heavy atom. The third-order valence-electron chi connectivity index (χ3n) is 3.43. The second-order valence-electron chi connectivity index (χ2n) is 5.05. The number of fused-ring (bicyclic) bond motifs is 1. The highest BCUT2D eigenvalue weighted by Crippen LogP contribution is 2.18. The molecular weight excluding hydrogens is 280 g/mol. The topological polar surface area (TPSA) is 83.3 Å². The maximum atomic E-state index is 11.0. The van der Waals surface area contributed by atoms with Crippen LogP contribution in [0.15, 0.2) is 48.8 Å². The summed E-state index contributed by atoms with van der Waals surface area (Å²) in [5.74, 6) is -0.959. The van der Waals surface area contributed by atoms with Crippen molar-refractivity contribution in [3.63, 3.8) is 0 Å². The highest BCUT2D eigenvalue weighted by atomic mass is 16.4. The number of carboxylic acids is 1. The zero-order valence-corrected chi connectivity index (χ0v) is 11.7. The predicted molar refractivity (Wildman–Crippen MR) is 81.7 cm³/mol. The highest BCUT2D eigenvalue weighted by molar-refractivity contribution is 5.87. The first-order valence-electron chi connectivity index (χ1n) is 6.82. The molecular formula is C17H14N2O3. The van der Waals surface area contributed by atoms with Crippen LogP contribution in [-0.4, -0.2) is 26.2 Å². The summed E-state index contributed by atoms with van der Waals surface area (Å²) in [6.07, 6.45) is 3.70. The van der Waals surface area contributed by atoms with Crippen LogP contribution in [0.1, 0.15) is 27.2 Å². The van der Waals surface area contributed by atoms with E-state index in [0.29, 0.717) is 12.1 Å². The number of nitrogens with zero attached hydrogens (tertiary/aromatic N) is 2. The van der Waals surface area contributed by atoms with E-state index in [2.05, 4.69) is 9.97 Å². The summed E-state index contributed by atoms with van der Waals surface area (Å²) in [7, 11) is 0. The molecule has 2 N–H and O–H groups in total. The average molecular weight is 294 g/mol. The summed E-state index contributed by atoms with van der Waals surface area (Å²) in [4.78, 5) is 19.5. The van der Waals surface area contributed by atoms with Gasteiger partial charge >= 0.3 is 5.97 Å². The summed E-state index contributed by atoms with van der Waals surface area (Å²) in [5, 5.41) is 19.1. The van der Waals surface area contributed by atoms with Crippen molar-refractivity contribution in [2.45, 2.75) is 13.0 Å². The van der Waals surface area contributed by atoms with Crippen LogP contribution in [0, 0.1) is 0 Å². The van der Waals surface area contributed by atoms with E-state index < -0.39 is 5.97 Å². The van der Waals surface area contributed by atoms with Gasteiger partial charge in [-0.05, 0) is 41.5 Å². The Morgan fingerprint density at radius 2 is 1.86 bits per heavy atom. The molecule has 3 aromatic rings. The first kappa shape index (κ1) is 14.2. The van der Waals surface area contributed by atoms with Gasteiger partial charge in [0.15, 0.2) is 0 Å². The molecule has 5 nitrogen and oxygen atoms in total. The maximum Gasteiger partial charge on any atom is 0.335 e. The Kier molecular flexibility index (Phi) is 3.80. The molecule has 0 spiro atoms. The van der Waals surface area contributed by atoms with E-state index in [4.69, 9.17) is 5.11 Å². The van der Waals surface area contributed by atoms with Crippen molar-refractivity contribution in [2.24, 2.45) is 0 Å². The van der Waals surface area contributed by atoms with Crippen molar-refractivity contribution in [3.8, 4) is 0 Å². The van der Waals surface area contributed by atoms with Crippen LogP contribution in [-0.2, 0) is 13.0 Å². The molecule has 1 aromatic carbocycles. The van der Waals surface area contributed by atoms with Crippen LogP contribution in [0.4, 0.5) is 0 Å². The summed E-state index contributed by atoms with van der Waals surface area (Å²) in [6.45, 7) is -0.0462. The Labute approximate surface area is 126 Å². The van der Waals surface area contributed by atoms with Crippen LogP contribution in [0.3, 0.4) is 0 Å². The minimum absolute atomic E-state index is 0.0462. The van der Waals surface area contributed by atoms with E-state index in [9.17, 15) is 9.90 Å². The monoisotopic (exact) mass is 294 g/mol. The fourth-order valence-electron chi connectivity index (χ4n) is 2.34. The van der Waals surface area contributed by atoms with Crippen molar-refractivity contribution in [1.82, 2.24) is 9.97 Å². The Bertz CT molecular complexity index is 846. The van der Waals surface area contributed by atoms with Crippen LogP contribution in [0.2, 0.25) is 0 Å². The Balaban J connectivity index is 1.93.